The van der Waals surface area contributed by atoms with Crippen LogP contribution in [0.4, 0.5) is 0 Å². The first-order valence-corrected chi connectivity index (χ1v) is 7.08. The van der Waals surface area contributed by atoms with Crippen molar-refractivity contribution in [3.05, 3.63) is 20.8 Å². The largest absolute Gasteiger partial charge is 0.327 e. The van der Waals surface area contributed by atoms with E-state index in [2.05, 4.69) is 20.8 Å². The Hall–Kier alpha value is -0.230. The van der Waals surface area contributed by atoms with Crippen molar-refractivity contribution in [3.8, 4) is 0 Å². The molecule has 1 atom stereocenters. The molecule has 0 spiro atoms. The number of ketones is 1. The van der Waals surface area contributed by atoms with Crippen molar-refractivity contribution >= 4 is 33.0 Å². The van der Waals surface area contributed by atoms with Gasteiger partial charge in [-0.3, -0.25) is 9.69 Å². The van der Waals surface area contributed by atoms with E-state index in [1.165, 1.54) is 11.3 Å². The van der Waals surface area contributed by atoms with Gasteiger partial charge in [0.25, 0.3) is 0 Å². The van der Waals surface area contributed by atoms with Gasteiger partial charge >= 0.3 is 0 Å². The summed E-state index contributed by atoms with van der Waals surface area (Å²) in [5.41, 5.74) is 5.89. The summed E-state index contributed by atoms with van der Waals surface area (Å²) in [6.45, 7) is 2.32. The number of carbonyl (C=O) groups excluding carboxylic acids is 1. The van der Waals surface area contributed by atoms with Crippen LogP contribution in [0.5, 0.6) is 0 Å². The second-order valence-corrected chi connectivity index (χ2v) is 5.93. The molecule has 1 unspecified atom stereocenters. The molecule has 3 nitrogen and oxygen atoms in total. The van der Waals surface area contributed by atoms with Crippen LogP contribution in [0.1, 0.15) is 22.5 Å². The summed E-state index contributed by atoms with van der Waals surface area (Å²) in [4.78, 5) is 15.0. The maximum Gasteiger partial charge on any atom is 0.187 e. The minimum Gasteiger partial charge on any atom is -0.327 e. The minimum absolute atomic E-state index is 0.191. The number of likely N-dealkylation sites (tertiary alicyclic amines) is 1. The Morgan fingerprint density at radius 1 is 1.69 bits per heavy atom. The quantitative estimate of drug-likeness (QED) is 0.870. The third-order valence-corrected chi connectivity index (χ3v) is 4.66. The number of halogens is 1. The van der Waals surface area contributed by atoms with Crippen LogP contribution in [0.3, 0.4) is 0 Å². The van der Waals surface area contributed by atoms with Crippen molar-refractivity contribution in [3.63, 3.8) is 0 Å². The maximum atomic E-state index is 12.0. The Morgan fingerprint density at radius 3 is 3.12 bits per heavy atom. The smallest absolute Gasteiger partial charge is 0.187 e. The topological polar surface area (TPSA) is 46.3 Å². The number of nitrogens with zero attached hydrogens (tertiary/aromatic N) is 1. The molecule has 1 aliphatic heterocycles. The molecule has 1 aliphatic rings. The van der Waals surface area contributed by atoms with Crippen LogP contribution in [0.25, 0.3) is 0 Å². The summed E-state index contributed by atoms with van der Waals surface area (Å²) in [6.07, 6.45) is 2.17. The molecule has 1 aromatic heterocycles. The van der Waals surface area contributed by atoms with Crippen molar-refractivity contribution in [2.75, 3.05) is 19.6 Å². The summed E-state index contributed by atoms with van der Waals surface area (Å²) in [5.74, 6) is 0.191. The first kappa shape index (κ1) is 12.2. The molecule has 0 aromatic carbocycles. The van der Waals surface area contributed by atoms with Gasteiger partial charge in [-0.15, -0.1) is 11.3 Å². The van der Waals surface area contributed by atoms with Gasteiger partial charge < -0.3 is 5.73 Å². The first-order chi connectivity index (χ1) is 7.66. The van der Waals surface area contributed by atoms with Crippen LogP contribution in [-0.4, -0.2) is 36.4 Å². The fourth-order valence-corrected chi connectivity index (χ4v) is 3.53. The summed E-state index contributed by atoms with van der Waals surface area (Å²) < 4.78 is 0.906. The molecule has 2 N–H and O–H groups in total. The van der Waals surface area contributed by atoms with Crippen LogP contribution in [-0.2, 0) is 0 Å². The fraction of sp³-hybridized carbons (Fsp3) is 0.545. The van der Waals surface area contributed by atoms with Gasteiger partial charge in [0.05, 0.1) is 11.4 Å². The summed E-state index contributed by atoms with van der Waals surface area (Å²) in [5, 5.41) is 1.93. The lowest BCUT2D eigenvalue weighted by Crippen LogP contribution is -2.44. The summed E-state index contributed by atoms with van der Waals surface area (Å²) in [6, 6.07) is 2.15. The van der Waals surface area contributed by atoms with E-state index >= 15 is 0 Å². The SMILES string of the molecule is NC1CCCN(CC(=O)c2sccc2Br)C1. The highest BCUT2D eigenvalue weighted by Crippen LogP contribution is 2.23. The van der Waals surface area contributed by atoms with E-state index in [-0.39, 0.29) is 11.8 Å². The van der Waals surface area contributed by atoms with Gasteiger partial charge in [0.1, 0.15) is 0 Å². The van der Waals surface area contributed by atoms with Crippen molar-refractivity contribution in [1.82, 2.24) is 4.90 Å². The Labute approximate surface area is 108 Å². The molecule has 0 saturated carbocycles. The molecule has 0 amide bonds. The fourth-order valence-electron chi connectivity index (χ4n) is 2.00. The van der Waals surface area contributed by atoms with Crippen LogP contribution in [0, 0.1) is 0 Å². The highest BCUT2D eigenvalue weighted by Gasteiger charge is 2.20. The molecular formula is C11H15BrN2OS. The molecule has 0 aliphatic carbocycles. The molecule has 88 valence electrons. The second kappa shape index (κ2) is 5.40. The number of piperidine rings is 1. The third-order valence-electron chi connectivity index (χ3n) is 2.78. The lowest BCUT2D eigenvalue weighted by atomic mass is 10.1. The monoisotopic (exact) mass is 302 g/mol. The van der Waals surface area contributed by atoms with Gasteiger partial charge in [-0.05, 0) is 46.8 Å². The zero-order chi connectivity index (χ0) is 11.5. The van der Waals surface area contributed by atoms with Gasteiger partial charge in [0.2, 0.25) is 0 Å². The number of rotatable bonds is 3. The van der Waals surface area contributed by atoms with Crippen LogP contribution in [0.15, 0.2) is 15.9 Å². The molecule has 2 rings (SSSR count). The highest BCUT2D eigenvalue weighted by molar-refractivity contribution is 9.10. The maximum absolute atomic E-state index is 12.0. The molecule has 0 radical (unpaired) electrons. The molecule has 1 fully saturated rings. The summed E-state index contributed by atoms with van der Waals surface area (Å²) in [7, 11) is 0. The lowest BCUT2D eigenvalue weighted by Gasteiger charge is -2.29. The zero-order valence-electron chi connectivity index (χ0n) is 8.99. The lowest BCUT2D eigenvalue weighted by molar-refractivity contribution is 0.0911. The molecule has 1 aromatic rings. The predicted molar refractivity (Wildman–Crippen MR) is 70.0 cm³/mol. The Balaban J connectivity index is 1.95. The van der Waals surface area contributed by atoms with E-state index in [4.69, 9.17) is 5.73 Å². The van der Waals surface area contributed by atoms with Crippen molar-refractivity contribution in [2.45, 2.75) is 18.9 Å². The van der Waals surface area contributed by atoms with E-state index in [1.54, 1.807) is 0 Å². The second-order valence-electron chi connectivity index (χ2n) is 4.16. The van der Waals surface area contributed by atoms with Gasteiger partial charge in [-0.25, -0.2) is 0 Å². The molecule has 0 bridgehead atoms. The number of thiophene rings is 1. The van der Waals surface area contributed by atoms with Crippen molar-refractivity contribution < 1.29 is 4.79 Å². The number of nitrogens with two attached hydrogens (primary N) is 1. The zero-order valence-corrected chi connectivity index (χ0v) is 11.4. The Bertz CT molecular complexity index is 380. The van der Waals surface area contributed by atoms with Crippen LogP contribution >= 0.6 is 27.3 Å². The van der Waals surface area contributed by atoms with E-state index in [0.29, 0.717) is 6.54 Å². The Kier molecular flexibility index (Phi) is 4.13. The van der Waals surface area contributed by atoms with E-state index < -0.39 is 0 Å². The molecule has 5 heteroatoms. The average Bonchev–Trinajstić information content (AvgIpc) is 2.64. The average molecular weight is 303 g/mol. The number of hydrogen-bond donors (Lipinski definition) is 1. The van der Waals surface area contributed by atoms with Crippen LogP contribution < -0.4 is 5.73 Å². The van der Waals surface area contributed by atoms with Gasteiger partial charge in [-0.2, -0.15) is 0 Å². The predicted octanol–water partition coefficient (Wildman–Crippen LogP) is 2.12. The van der Waals surface area contributed by atoms with E-state index in [1.807, 2.05) is 11.4 Å². The van der Waals surface area contributed by atoms with Gasteiger partial charge in [0.15, 0.2) is 5.78 Å². The third kappa shape index (κ3) is 2.91. The van der Waals surface area contributed by atoms with Gasteiger partial charge in [0, 0.05) is 17.1 Å². The number of carbonyl (C=O) groups is 1. The van der Waals surface area contributed by atoms with E-state index in [9.17, 15) is 4.79 Å². The molecule has 2 heterocycles. The van der Waals surface area contributed by atoms with Crippen LogP contribution in [0.2, 0.25) is 0 Å². The highest BCUT2D eigenvalue weighted by atomic mass is 79.9. The molecule has 16 heavy (non-hydrogen) atoms. The minimum atomic E-state index is 0.191. The molecular weight excluding hydrogens is 288 g/mol. The van der Waals surface area contributed by atoms with Gasteiger partial charge in [-0.1, -0.05) is 0 Å². The standard InChI is InChI=1S/C11H15BrN2OS/c12-9-3-5-16-11(9)10(15)7-14-4-1-2-8(13)6-14/h3,5,8H,1-2,4,6-7,13H2. The van der Waals surface area contributed by atoms with Crippen molar-refractivity contribution in [1.29, 1.82) is 0 Å². The Morgan fingerprint density at radius 2 is 2.50 bits per heavy atom. The number of hydrogen-bond acceptors (Lipinski definition) is 4. The van der Waals surface area contributed by atoms with E-state index in [0.717, 1.165) is 35.3 Å². The molecule has 1 saturated heterocycles. The normalized spacial score (nSPS) is 22.2. The summed E-state index contributed by atoms with van der Waals surface area (Å²) >= 11 is 4.88. The number of Topliss-reactive ketones (excluding diaryl/α,β-unsaturated/α-hetero) is 1. The van der Waals surface area contributed by atoms with Crippen molar-refractivity contribution in [2.24, 2.45) is 5.73 Å². The first-order valence-electron chi connectivity index (χ1n) is 5.41.